The molecule has 1 aliphatic carbocycles. The maximum atomic E-state index is 12.9. The fourth-order valence-electron chi connectivity index (χ4n) is 3.64. The average Bonchev–Trinajstić information content (AvgIpc) is 2.46. The Hall–Kier alpha value is -0.290. The first-order valence-corrected chi connectivity index (χ1v) is 9.64. The molecule has 1 heterocycles. The van der Waals surface area contributed by atoms with E-state index in [-0.39, 0.29) is 14.9 Å². The van der Waals surface area contributed by atoms with Crippen LogP contribution in [0.2, 0.25) is 10.0 Å². The summed E-state index contributed by atoms with van der Waals surface area (Å²) >= 11 is 12.2. The van der Waals surface area contributed by atoms with Crippen LogP contribution in [-0.2, 0) is 10.0 Å². The normalized spacial score (nSPS) is 27.3. The number of sulfonamides is 1. The molecule has 6 heteroatoms. The molecule has 2 aliphatic rings. The van der Waals surface area contributed by atoms with E-state index in [4.69, 9.17) is 23.2 Å². The molecule has 0 radical (unpaired) electrons. The second-order valence-corrected chi connectivity index (χ2v) is 8.70. The van der Waals surface area contributed by atoms with Crippen molar-refractivity contribution in [2.45, 2.75) is 37.0 Å². The lowest BCUT2D eigenvalue weighted by Crippen LogP contribution is -2.44. The molecule has 21 heavy (non-hydrogen) atoms. The van der Waals surface area contributed by atoms with Gasteiger partial charge in [-0.2, -0.15) is 4.31 Å². The number of hydrogen-bond donors (Lipinski definition) is 0. The zero-order valence-electron chi connectivity index (χ0n) is 11.8. The Morgan fingerprint density at radius 3 is 2.29 bits per heavy atom. The topological polar surface area (TPSA) is 37.4 Å². The highest BCUT2D eigenvalue weighted by atomic mass is 35.5. The first kappa shape index (κ1) is 15.6. The zero-order chi connectivity index (χ0) is 15.0. The molecule has 0 spiro atoms. The smallest absolute Gasteiger partial charge is 0.207 e. The number of halogens is 2. The molecule has 3 rings (SSSR count). The van der Waals surface area contributed by atoms with Crippen LogP contribution in [0.4, 0.5) is 0 Å². The molecule has 1 aromatic carbocycles. The Labute approximate surface area is 136 Å². The predicted molar refractivity (Wildman–Crippen MR) is 85.3 cm³/mol. The number of nitrogens with zero attached hydrogens (tertiary/aromatic N) is 1. The van der Waals surface area contributed by atoms with Gasteiger partial charge in [-0.25, -0.2) is 8.42 Å². The minimum Gasteiger partial charge on any atom is -0.207 e. The summed E-state index contributed by atoms with van der Waals surface area (Å²) in [5.41, 5.74) is 0. The first-order chi connectivity index (χ1) is 10.00. The summed E-state index contributed by atoms with van der Waals surface area (Å²) in [6, 6.07) is 4.82. The van der Waals surface area contributed by atoms with E-state index in [9.17, 15) is 8.42 Å². The van der Waals surface area contributed by atoms with E-state index in [1.54, 1.807) is 22.5 Å². The summed E-state index contributed by atoms with van der Waals surface area (Å²) in [6.07, 6.45) is 5.82. The van der Waals surface area contributed by atoms with Gasteiger partial charge in [0, 0.05) is 13.1 Å². The third-order valence-corrected chi connectivity index (χ3v) is 7.59. The lowest BCUT2D eigenvalue weighted by atomic mass is 9.76. The van der Waals surface area contributed by atoms with E-state index < -0.39 is 10.0 Å². The Morgan fingerprint density at radius 2 is 1.62 bits per heavy atom. The van der Waals surface area contributed by atoms with Gasteiger partial charge < -0.3 is 0 Å². The van der Waals surface area contributed by atoms with Gasteiger partial charge in [0.1, 0.15) is 4.90 Å². The average molecular weight is 348 g/mol. The standard InChI is InChI=1S/C15H19Cl2NO2S/c16-13-6-3-7-14(17)15(13)21(19,20)18-9-8-11-4-1-2-5-12(11)10-18/h3,6-7,11-12H,1-2,4-5,8-10H2/t11-,12-/m1/s1. The summed E-state index contributed by atoms with van der Waals surface area (Å²) in [4.78, 5) is 0.0580. The molecule has 0 unspecified atom stereocenters. The van der Waals surface area contributed by atoms with E-state index in [0.717, 1.165) is 12.8 Å². The monoisotopic (exact) mass is 347 g/mol. The van der Waals surface area contributed by atoms with E-state index in [0.29, 0.717) is 24.9 Å². The maximum absolute atomic E-state index is 12.9. The van der Waals surface area contributed by atoms with Crippen LogP contribution in [0.1, 0.15) is 32.1 Å². The van der Waals surface area contributed by atoms with Gasteiger partial charge in [-0.15, -0.1) is 0 Å². The third-order valence-electron chi connectivity index (χ3n) is 4.77. The Bertz CT molecular complexity index is 612. The summed E-state index contributed by atoms with van der Waals surface area (Å²) in [6.45, 7) is 1.18. The lowest BCUT2D eigenvalue weighted by Gasteiger charge is -2.40. The number of hydrogen-bond acceptors (Lipinski definition) is 2. The van der Waals surface area contributed by atoms with E-state index >= 15 is 0 Å². The molecule has 0 N–H and O–H groups in total. The highest BCUT2D eigenvalue weighted by Crippen LogP contribution is 2.39. The van der Waals surface area contributed by atoms with Crippen molar-refractivity contribution in [3.8, 4) is 0 Å². The third kappa shape index (κ3) is 2.96. The molecule has 2 atom stereocenters. The molecule has 1 saturated heterocycles. The molecule has 0 amide bonds. The lowest BCUT2D eigenvalue weighted by molar-refractivity contribution is 0.136. The van der Waals surface area contributed by atoms with Gasteiger partial charge in [0.15, 0.2) is 0 Å². The number of rotatable bonds is 2. The van der Waals surface area contributed by atoms with Crippen molar-refractivity contribution in [2.75, 3.05) is 13.1 Å². The quantitative estimate of drug-likeness (QED) is 0.803. The Kier molecular flexibility index (Phi) is 4.51. The van der Waals surface area contributed by atoms with Crippen molar-refractivity contribution in [1.82, 2.24) is 4.31 Å². The fraction of sp³-hybridized carbons (Fsp3) is 0.600. The molecular formula is C15H19Cl2NO2S. The predicted octanol–water partition coefficient (Wildman–Crippen LogP) is 4.19. The van der Waals surface area contributed by atoms with Crippen LogP contribution in [0, 0.1) is 11.8 Å². The van der Waals surface area contributed by atoms with Gasteiger partial charge in [0.2, 0.25) is 10.0 Å². The molecule has 1 aliphatic heterocycles. The van der Waals surface area contributed by atoms with Crippen LogP contribution in [0.15, 0.2) is 23.1 Å². The molecule has 1 aromatic rings. The minimum absolute atomic E-state index is 0.0580. The van der Waals surface area contributed by atoms with E-state index in [1.165, 1.54) is 19.3 Å². The van der Waals surface area contributed by atoms with Crippen LogP contribution < -0.4 is 0 Å². The summed E-state index contributed by atoms with van der Waals surface area (Å²) < 4.78 is 27.3. The molecule has 116 valence electrons. The van der Waals surface area contributed by atoms with Gasteiger partial charge in [-0.3, -0.25) is 0 Å². The number of piperidine rings is 1. The summed E-state index contributed by atoms with van der Waals surface area (Å²) in [5.74, 6) is 1.18. The van der Waals surface area contributed by atoms with Crippen molar-refractivity contribution >= 4 is 33.2 Å². The number of fused-ring (bicyclic) bond motifs is 1. The first-order valence-electron chi connectivity index (χ1n) is 7.44. The van der Waals surface area contributed by atoms with Gasteiger partial charge in [-0.05, 0) is 36.8 Å². The van der Waals surface area contributed by atoms with Crippen molar-refractivity contribution < 1.29 is 8.42 Å². The second kappa shape index (κ2) is 6.07. The van der Waals surface area contributed by atoms with Crippen molar-refractivity contribution in [3.05, 3.63) is 28.2 Å². The van der Waals surface area contributed by atoms with Crippen LogP contribution in [-0.4, -0.2) is 25.8 Å². The van der Waals surface area contributed by atoms with Gasteiger partial charge in [0.05, 0.1) is 10.0 Å². The highest BCUT2D eigenvalue weighted by molar-refractivity contribution is 7.89. The van der Waals surface area contributed by atoms with E-state index in [2.05, 4.69) is 0 Å². The van der Waals surface area contributed by atoms with Gasteiger partial charge in [0.25, 0.3) is 0 Å². The fourth-order valence-corrected chi connectivity index (χ4v) is 6.25. The molecule has 0 aromatic heterocycles. The van der Waals surface area contributed by atoms with Crippen molar-refractivity contribution in [3.63, 3.8) is 0 Å². The van der Waals surface area contributed by atoms with E-state index in [1.807, 2.05) is 0 Å². The molecule has 0 bridgehead atoms. The second-order valence-electron chi connectivity index (χ2n) is 6.01. The summed E-state index contributed by atoms with van der Waals surface area (Å²) in [7, 11) is -3.60. The zero-order valence-corrected chi connectivity index (χ0v) is 14.1. The van der Waals surface area contributed by atoms with Crippen LogP contribution in [0.25, 0.3) is 0 Å². The van der Waals surface area contributed by atoms with Gasteiger partial charge in [-0.1, -0.05) is 48.5 Å². The number of benzene rings is 1. The SMILES string of the molecule is O=S(=O)(c1c(Cl)cccc1Cl)N1CC[C@H]2CCCC[C@@H]2C1. The summed E-state index contributed by atoms with van der Waals surface area (Å²) in [5, 5.41) is 0.404. The van der Waals surface area contributed by atoms with Crippen LogP contribution in [0.3, 0.4) is 0 Å². The van der Waals surface area contributed by atoms with Gasteiger partial charge >= 0.3 is 0 Å². The van der Waals surface area contributed by atoms with Crippen LogP contribution in [0.5, 0.6) is 0 Å². The minimum atomic E-state index is -3.60. The Morgan fingerprint density at radius 1 is 1.00 bits per heavy atom. The molecule has 3 nitrogen and oxygen atoms in total. The largest absolute Gasteiger partial charge is 0.246 e. The molecule has 1 saturated carbocycles. The molecular weight excluding hydrogens is 329 g/mol. The Balaban J connectivity index is 1.89. The van der Waals surface area contributed by atoms with Crippen molar-refractivity contribution in [1.29, 1.82) is 0 Å². The van der Waals surface area contributed by atoms with Crippen molar-refractivity contribution in [2.24, 2.45) is 11.8 Å². The van der Waals surface area contributed by atoms with Crippen LogP contribution >= 0.6 is 23.2 Å². The molecule has 2 fully saturated rings. The highest BCUT2D eigenvalue weighted by Gasteiger charge is 2.37. The maximum Gasteiger partial charge on any atom is 0.246 e.